The third kappa shape index (κ3) is 3.55. The third-order valence-corrected chi connectivity index (χ3v) is 8.78. The van der Waals surface area contributed by atoms with Crippen molar-refractivity contribution in [1.82, 2.24) is 0 Å². The number of hydrogen-bond acceptors (Lipinski definition) is 7. The molecule has 10 heteroatoms. The van der Waals surface area contributed by atoms with E-state index in [1.807, 2.05) is 39.0 Å². The highest BCUT2D eigenvalue weighted by molar-refractivity contribution is 7.80. The molecule has 2 aromatic carbocycles. The summed E-state index contributed by atoms with van der Waals surface area (Å²) in [6, 6.07) is 9.65. The second kappa shape index (κ2) is 7.98. The highest BCUT2D eigenvalue weighted by Crippen LogP contribution is 2.53. The van der Waals surface area contributed by atoms with Crippen LogP contribution in [0.5, 0.6) is 5.75 Å². The van der Waals surface area contributed by atoms with Gasteiger partial charge in [0.25, 0.3) is 11.6 Å². The standard InChI is InChI=1S/C21H17ClN2O4S3/c1-4-28-12-6-8-15-13(10-12)17-18(30-31-20(17)29)21(2,3)23(15)19(25)11-5-7-14(22)16(9-11)24(26)27/h5-10H,4H2,1-3H3. The van der Waals surface area contributed by atoms with E-state index in [0.29, 0.717) is 18.0 Å². The number of carbonyl (C=O) groups excluding carboxylic acids is 1. The van der Waals surface area contributed by atoms with Crippen LogP contribution in [0, 0.1) is 13.9 Å². The van der Waals surface area contributed by atoms with Crippen molar-refractivity contribution in [2.75, 3.05) is 11.5 Å². The number of amides is 1. The summed E-state index contributed by atoms with van der Waals surface area (Å²) < 4.78 is 6.43. The van der Waals surface area contributed by atoms with Crippen molar-refractivity contribution >= 4 is 61.8 Å². The van der Waals surface area contributed by atoms with Crippen molar-refractivity contribution in [3.05, 3.63) is 65.8 Å². The molecule has 0 unspecified atom stereocenters. The average Bonchev–Trinajstić information content (AvgIpc) is 3.11. The van der Waals surface area contributed by atoms with Gasteiger partial charge in [-0.1, -0.05) is 44.5 Å². The molecule has 0 spiro atoms. The largest absolute Gasteiger partial charge is 0.494 e. The molecule has 0 radical (unpaired) electrons. The molecule has 0 saturated heterocycles. The Hall–Kier alpha value is -2.33. The molecule has 0 aliphatic carbocycles. The average molecular weight is 493 g/mol. The molecule has 1 aliphatic rings. The summed E-state index contributed by atoms with van der Waals surface area (Å²) in [6.45, 7) is 6.32. The summed E-state index contributed by atoms with van der Waals surface area (Å²) in [6.07, 6.45) is 0. The van der Waals surface area contributed by atoms with Gasteiger partial charge in [0.05, 0.1) is 27.6 Å². The van der Waals surface area contributed by atoms with Crippen molar-refractivity contribution in [3.63, 3.8) is 0 Å². The van der Waals surface area contributed by atoms with Crippen LogP contribution in [0.2, 0.25) is 5.02 Å². The lowest BCUT2D eigenvalue weighted by atomic mass is 9.86. The van der Waals surface area contributed by atoms with Gasteiger partial charge in [0.15, 0.2) is 0 Å². The number of rotatable bonds is 4. The fourth-order valence-corrected chi connectivity index (χ4v) is 7.21. The van der Waals surface area contributed by atoms with Crippen molar-refractivity contribution in [1.29, 1.82) is 0 Å². The minimum absolute atomic E-state index is 0.0145. The molecule has 1 aliphatic heterocycles. The summed E-state index contributed by atoms with van der Waals surface area (Å²) in [7, 11) is 3.04. The van der Waals surface area contributed by atoms with Gasteiger partial charge in [0.2, 0.25) is 0 Å². The van der Waals surface area contributed by atoms with Gasteiger partial charge in [-0.3, -0.25) is 19.8 Å². The van der Waals surface area contributed by atoms with Crippen LogP contribution in [0.1, 0.15) is 36.0 Å². The number of ether oxygens (including phenoxy) is 1. The van der Waals surface area contributed by atoms with E-state index in [-0.39, 0.29) is 22.2 Å². The molecule has 0 fully saturated rings. The maximum Gasteiger partial charge on any atom is 0.288 e. The molecule has 3 aromatic rings. The second-order valence-corrected chi connectivity index (χ2v) is 10.6. The van der Waals surface area contributed by atoms with Gasteiger partial charge in [-0.15, -0.1) is 0 Å². The van der Waals surface area contributed by atoms with E-state index in [9.17, 15) is 14.9 Å². The molecule has 4 rings (SSSR count). The molecule has 160 valence electrons. The molecule has 0 saturated carbocycles. The number of carbonyl (C=O) groups is 1. The summed E-state index contributed by atoms with van der Waals surface area (Å²) in [4.78, 5) is 27.1. The molecule has 0 N–H and O–H groups in total. The molecule has 0 bridgehead atoms. The van der Waals surface area contributed by atoms with Gasteiger partial charge in [0.1, 0.15) is 14.6 Å². The van der Waals surface area contributed by atoms with E-state index in [0.717, 1.165) is 19.8 Å². The smallest absolute Gasteiger partial charge is 0.288 e. The van der Waals surface area contributed by atoms with Crippen LogP contribution in [-0.4, -0.2) is 17.4 Å². The van der Waals surface area contributed by atoms with E-state index in [4.69, 9.17) is 28.6 Å². The Labute approximate surface area is 196 Å². The Bertz CT molecular complexity index is 1280. The number of hydrogen-bond donors (Lipinski definition) is 0. The number of nitro groups is 1. The van der Waals surface area contributed by atoms with Gasteiger partial charge in [-0.2, -0.15) is 0 Å². The first-order valence-corrected chi connectivity index (χ1v) is 12.3. The second-order valence-electron chi connectivity index (χ2n) is 7.39. The van der Waals surface area contributed by atoms with Crippen LogP contribution in [0.3, 0.4) is 0 Å². The highest BCUT2D eigenvalue weighted by atomic mass is 35.5. The summed E-state index contributed by atoms with van der Waals surface area (Å²) in [5, 5.41) is 11.3. The Morgan fingerprint density at radius 1 is 1.26 bits per heavy atom. The zero-order valence-corrected chi connectivity index (χ0v) is 20.0. The zero-order chi connectivity index (χ0) is 22.5. The van der Waals surface area contributed by atoms with Gasteiger partial charge in [0, 0.05) is 22.8 Å². The Kier molecular flexibility index (Phi) is 5.63. The lowest BCUT2D eigenvalue weighted by Gasteiger charge is -2.43. The Morgan fingerprint density at radius 2 is 2.00 bits per heavy atom. The van der Waals surface area contributed by atoms with Gasteiger partial charge >= 0.3 is 0 Å². The first-order valence-electron chi connectivity index (χ1n) is 9.36. The van der Waals surface area contributed by atoms with Crippen molar-refractivity contribution < 1.29 is 14.5 Å². The predicted octanol–water partition coefficient (Wildman–Crippen LogP) is 7.06. The number of halogens is 1. The van der Waals surface area contributed by atoms with Gasteiger partial charge < -0.3 is 4.74 Å². The fraction of sp³-hybridized carbons (Fsp3) is 0.238. The number of benzene rings is 2. The van der Waals surface area contributed by atoms with E-state index in [1.165, 1.54) is 28.5 Å². The lowest BCUT2D eigenvalue weighted by Crippen LogP contribution is -2.47. The fourth-order valence-electron chi connectivity index (χ4n) is 3.74. The molecule has 0 atom stereocenters. The number of nitro benzene ring substituents is 1. The summed E-state index contributed by atoms with van der Waals surface area (Å²) >= 11 is 11.6. The zero-order valence-electron chi connectivity index (χ0n) is 16.8. The van der Waals surface area contributed by atoms with Crippen molar-refractivity contribution in [2.45, 2.75) is 26.3 Å². The minimum Gasteiger partial charge on any atom is -0.494 e. The monoisotopic (exact) mass is 492 g/mol. The molecule has 6 nitrogen and oxygen atoms in total. The van der Waals surface area contributed by atoms with E-state index in [1.54, 1.807) is 15.2 Å². The third-order valence-electron chi connectivity index (χ3n) is 5.13. The van der Waals surface area contributed by atoms with Crippen molar-refractivity contribution in [3.8, 4) is 16.9 Å². The van der Waals surface area contributed by atoms with Crippen molar-refractivity contribution in [2.24, 2.45) is 0 Å². The predicted molar refractivity (Wildman–Crippen MR) is 128 cm³/mol. The Balaban J connectivity index is 1.93. The minimum atomic E-state index is -0.709. The normalized spacial score (nSPS) is 14.0. The maximum absolute atomic E-state index is 13.7. The quantitative estimate of drug-likeness (QED) is 0.169. The van der Waals surface area contributed by atoms with Gasteiger partial charge in [-0.25, -0.2) is 0 Å². The number of anilines is 1. The van der Waals surface area contributed by atoms with Crippen LogP contribution in [0.15, 0.2) is 36.4 Å². The SMILES string of the molecule is CCOc1ccc2c(c1)-c1c(ssc1=S)C(C)(C)N2C(=O)c1ccc(Cl)c([N+](=O)[O-])c1. The topological polar surface area (TPSA) is 72.7 Å². The lowest BCUT2D eigenvalue weighted by molar-refractivity contribution is -0.384. The van der Waals surface area contributed by atoms with E-state index >= 15 is 0 Å². The van der Waals surface area contributed by atoms with E-state index < -0.39 is 10.5 Å². The Morgan fingerprint density at radius 3 is 2.68 bits per heavy atom. The van der Waals surface area contributed by atoms with Crippen LogP contribution >= 0.6 is 44.5 Å². The van der Waals surface area contributed by atoms with E-state index in [2.05, 4.69) is 0 Å². The van der Waals surface area contributed by atoms with Crippen LogP contribution in [0.4, 0.5) is 11.4 Å². The van der Waals surface area contributed by atoms with Crippen LogP contribution in [-0.2, 0) is 5.54 Å². The highest BCUT2D eigenvalue weighted by Gasteiger charge is 2.43. The summed E-state index contributed by atoms with van der Waals surface area (Å²) in [5.41, 5.74) is 1.61. The molecule has 1 aromatic heterocycles. The van der Waals surface area contributed by atoms with Crippen LogP contribution < -0.4 is 9.64 Å². The van der Waals surface area contributed by atoms with Gasteiger partial charge in [-0.05, 0) is 51.1 Å². The molecular weight excluding hydrogens is 476 g/mol. The number of fused-ring (bicyclic) bond motifs is 3. The first kappa shape index (κ1) is 21.9. The molecular formula is C21H17ClN2O4S3. The summed E-state index contributed by atoms with van der Waals surface area (Å²) in [5.74, 6) is 0.331. The first-order chi connectivity index (χ1) is 14.7. The number of nitrogens with zero attached hydrogens (tertiary/aromatic N) is 2. The maximum atomic E-state index is 13.7. The molecule has 31 heavy (non-hydrogen) atoms. The molecule has 1 amide bonds. The van der Waals surface area contributed by atoms with Crippen LogP contribution in [0.25, 0.3) is 11.1 Å². The molecule has 2 heterocycles.